The maximum atomic E-state index is 12.6. The molecule has 2 heterocycles. The Balaban J connectivity index is 1.93. The molecule has 7 nitrogen and oxygen atoms in total. The van der Waals surface area contributed by atoms with E-state index in [4.69, 9.17) is 19.8 Å². The maximum Gasteiger partial charge on any atom is 0.180 e. The smallest absolute Gasteiger partial charge is 0.180 e. The van der Waals surface area contributed by atoms with E-state index in [9.17, 15) is 4.79 Å². The van der Waals surface area contributed by atoms with Crippen molar-refractivity contribution in [2.45, 2.75) is 53.4 Å². The van der Waals surface area contributed by atoms with Crippen molar-refractivity contribution in [3.8, 4) is 17.3 Å². The van der Waals surface area contributed by atoms with Crippen molar-refractivity contribution < 1.29 is 14.6 Å². The molecule has 0 atom stereocenters. The third kappa shape index (κ3) is 5.53. The summed E-state index contributed by atoms with van der Waals surface area (Å²) in [4.78, 5) is 28.7. The fourth-order valence-electron chi connectivity index (χ4n) is 3.83. The van der Waals surface area contributed by atoms with Crippen molar-refractivity contribution in [1.82, 2.24) is 15.0 Å². The molecule has 162 valence electrons. The number of aromatic nitrogens is 3. The van der Waals surface area contributed by atoms with Crippen LogP contribution in [0.2, 0.25) is 0 Å². The number of ether oxygens (including phenoxy) is 1. The Morgan fingerprint density at radius 3 is 2.67 bits per heavy atom. The van der Waals surface area contributed by atoms with E-state index in [1.807, 2.05) is 24.9 Å². The molecule has 2 aromatic rings. The summed E-state index contributed by atoms with van der Waals surface area (Å²) >= 11 is 0. The fourth-order valence-corrected chi connectivity index (χ4v) is 3.83. The van der Waals surface area contributed by atoms with Gasteiger partial charge in [-0.25, -0.2) is 15.0 Å². The topological polar surface area (TPSA) is 88.4 Å². The number of aliphatic hydroxyl groups is 1. The van der Waals surface area contributed by atoms with Crippen LogP contribution in [0.4, 0.5) is 5.82 Å². The molecule has 0 saturated heterocycles. The highest BCUT2D eigenvalue weighted by Crippen LogP contribution is 2.32. The average Bonchev–Trinajstić information content (AvgIpc) is 3.12. The van der Waals surface area contributed by atoms with Crippen LogP contribution in [0, 0.1) is 12.3 Å². The van der Waals surface area contributed by atoms with Gasteiger partial charge in [-0.1, -0.05) is 20.8 Å². The van der Waals surface area contributed by atoms with Crippen LogP contribution in [0.25, 0.3) is 11.5 Å². The summed E-state index contributed by atoms with van der Waals surface area (Å²) in [5, 5.41) is 9.03. The highest BCUT2D eigenvalue weighted by Gasteiger charge is 2.25. The summed E-state index contributed by atoms with van der Waals surface area (Å²) < 4.78 is 5.57. The number of likely N-dealkylation sites (N-methyl/N-ethyl adjacent to an activating group) is 1. The van der Waals surface area contributed by atoms with Gasteiger partial charge in [-0.05, 0) is 31.6 Å². The Bertz CT molecular complexity index is 921. The normalized spacial score (nSPS) is 13.3. The number of ketones is 1. The largest absolute Gasteiger partial charge is 0.491 e. The van der Waals surface area contributed by atoms with E-state index in [0.29, 0.717) is 30.2 Å². The highest BCUT2D eigenvalue weighted by atomic mass is 16.5. The lowest BCUT2D eigenvalue weighted by Crippen LogP contribution is -2.30. The second-order valence-electron chi connectivity index (χ2n) is 9.18. The molecule has 0 saturated carbocycles. The first-order chi connectivity index (χ1) is 14.2. The van der Waals surface area contributed by atoms with Gasteiger partial charge < -0.3 is 14.7 Å². The minimum atomic E-state index is -0.0520. The molecule has 30 heavy (non-hydrogen) atoms. The summed E-state index contributed by atoms with van der Waals surface area (Å²) in [5.74, 6) is 2.19. The summed E-state index contributed by atoms with van der Waals surface area (Å²) in [6.07, 6.45) is 3.40. The monoisotopic (exact) mass is 412 g/mol. The lowest BCUT2D eigenvalue weighted by Gasteiger charge is -2.23. The number of Topliss-reactive ketones (excluding diaryl/α,β-unsaturated/α-hetero) is 1. The highest BCUT2D eigenvalue weighted by molar-refractivity contribution is 5.84. The first kappa shape index (κ1) is 22.2. The third-order valence-electron chi connectivity index (χ3n) is 4.93. The summed E-state index contributed by atoms with van der Waals surface area (Å²) in [7, 11) is 1.92. The van der Waals surface area contributed by atoms with Gasteiger partial charge in [-0.3, -0.25) is 4.79 Å². The number of pyridine rings is 1. The number of fused-ring (bicyclic) bond motifs is 1. The Morgan fingerprint density at radius 2 is 1.97 bits per heavy atom. The minimum absolute atomic E-state index is 0.0346. The van der Waals surface area contributed by atoms with Crippen molar-refractivity contribution in [2.75, 3.05) is 31.7 Å². The third-order valence-corrected chi connectivity index (χ3v) is 4.93. The fraction of sp³-hybridized carbons (Fsp3) is 0.565. The second kappa shape index (κ2) is 9.08. The Hall–Kier alpha value is -2.54. The van der Waals surface area contributed by atoms with E-state index in [1.165, 1.54) is 0 Å². The lowest BCUT2D eigenvalue weighted by atomic mass is 9.90. The SMILES string of the molecule is Cc1cc(OCCO)cc(-c2nc3c(c(N(C)CC(=O)CC(C)(C)C)n2)CCC3)n1. The quantitative estimate of drug-likeness (QED) is 0.712. The molecular weight excluding hydrogens is 380 g/mol. The molecule has 7 heteroatoms. The average molecular weight is 413 g/mol. The van der Waals surface area contributed by atoms with Gasteiger partial charge in [-0.15, -0.1) is 0 Å². The summed E-state index contributed by atoms with van der Waals surface area (Å²) in [6.45, 7) is 8.61. The van der Waals surface area contributed by atoms with E-state index >= 15 is 0 Å². The number of hydrogen-bond acceptors (Lipinski definition) is 7. The summed E-state index contributed by atoms with van der Waals surface area (Å²) in [5.41, 5.74) is 3.56. The molecule has 3 rings (SSSR count). The van der Waals surface area contributed by atoms with Crippen LogP contribution in [0.15, 0.2) is 12.1 Å². The van der Waals surface area contributed by atoms with Gasteiger partial charge in [0.25, 0.3) is 0 Å². The molecule has 1 N–H and O–H groups in total. The van der Waals surface area contributed by atoms with Crippen molar-refractivity contribution in [3.05, 3.63) is 29.1 Å². The van der Waals surface area contributed by atoms with Crippen molar-refractivity contribution in [3.63, 3.8) is 0 Å². The van der Waals surface area contributed by atoms with Crippen LogP contribution in [-0.4, -0.2) is 52.6 Å². The number of rotatable bonds is 8. The van der Waals surface area contributed by atoms with Crippen LogP contribution < -0.4 is 9.64 Å². The number of nitrogens with zero attached hydrogens (tertiary/aromatic N) is 4. The van der Waals surface area contributed by atoms with Gasteiger partial charge in [0, 0.05) is 42.6 Å². The predicted octanol–water partition coefficient (Wildman–Crippen LogP) is 3.15. The number of aryl methyl sites for hydroxylation is 2. The summed E-state index contributed by atoms with van der Waals surface area (Å²) in [6, 6.07) is 3.62. The van der Waals surface area contributed by atoms with Crippen LogP contribution in [0.5, 0.6) is 5.75 Å². The molecule has 0 aliphatic heterocycles. The second-order valence-corrected chi connectivity index (χ2v) is 9.18. The van der Waals surface area contributed by atoms with Crippen molar-refractivity contribution in [2.24, 2.45) is 5.41 Å². The van der Waals surface area contributed by atoms with Gasteiger partial charge in [0.05, 0.1) is 13.2 Å². The molecular formula is C23H32N4O3. The van der Waals surface area contributed by atoms with Gasteiger partial charge in [0.15, 0.2) is 11.6 Å². The van der Waals surface area contributed by atoms with Crippen LogP contribution >= 0.6 is 0 Å². The van der Waals surface area contributed by atoms with Crippen LogP contribution in [-0.2, 0) is 17.6 Å². The maximum absolute atomic E-state index is 12.6. The van der Waals surface area contributed by atoms with Crippen molar-refractivity contribution in [1.29, 1.82) is 0 Å². The molecule has 0 aromatic carbocycles. The Kier molecular flexibility index (Phi) is 6.71. The number of carbonyl (C=O) groups is 1. The van der Waals surface area contributed by atoms with Crippen LogP contribution in [0.3, 0.4) is 0 Å². The minimum Gasteiger partial charge on any atom is -0.491 e. The number of carbonyl (C=O) groups excluding carboxylic acids is 1. The van der Waals surface area contributed by atoms with E-state index in [2.05, 4.69) is 25.8 Å². The lowest BCUT2D eigenvalue weighted by molar-refractivity contribution is -0.119. The molecule has 2 aromatic heterocycles. The van der Waals surface area contributed by atoms with E-state index in [0.717, 1.165) is 42.0 Å². The molecule has 0 spiro atoms. The van der Waals surface area contributed by atoms with Gasteiger partial charge in [-0.2, -0.15) is 0 Å². The van der Waals surface area contributed by atoms with Gasteiger partial charge >= 0.3 is 0 Å². The Morgan fingerprint density at radius 1 is 1.20 bits per heavy atom. The van der Waals surface area contributed by atoms with Crippen molar-refractivity contribution >= 4 is 11.6 Å². The molecule has 0 unspecified atom stereocenters. The Labute approximate surface area is 178 Å². The van der Waals surface area contributed by atoms with E-state index in [1.54, 1.807) is 6.07 Å². The molecule has 1 aliphatic carbocycles. The number of hydrogen-bond donors (Lipinski definition) is 1. The predicted molar refractivity (Wildman–Crippen MR) is 117 cm³/mol. The standard InChI is InChI=1S/C23H32N4O3/c1-15-11-17(30-10-9-28)12-20(24-15)21-25-19-8-6-7-18(19)22(26-21)27(5)14-16(29)13-23(2,3)4/h11-12,28H,6-10,13-14H2,1-5H3. The van der Waals surface area contributed by atoms with E-state index in [-0.39, 0.29) is 24.4 Å². The van der Waals surface area contributed by atoms with Crippen LogP contribution in [0.1, 0.15) is 50.6 Å². The van der Waals surface area contributed by atoms with Gasteiger partial charge in [0.1, 0.15) is 23.9 Å². The number of anilines is 1. The van der Waals surface area contributed by atoms with Gasteiger partial charge in [0.2, 0.25) is 0 Å². The zero-order chi connectivity index (χ0) is 21.9. The molecule has 0 radical (unpaired) electrons. The molecule has 1 aliphatic rings. The number of aliphatic hydroxyl groups excluding tert-OH is 1. The first-order valence-electron chi connectivity index (χ1n) is 10.5. The molecule has 0 amide bonds. The zero-order valence-corrected chi connectivity index (χ0v) is 18.7. The molecule has 0 fully saturated rings. The zero-order valence-electron chi connectivity index (χ0n) is 18.7. The first-order valence-corrected chi connectivity index (χ1v) is 10.5. The van der Waals surface area contributed by atoms with E-state index < -0.39 is 0 Å². The molecule has 0 bridgehead atoms.